The number of rotatable bonds is 3. The average molecular weight is 349 g/mol. The first-order valence-corrected chi connectivity index (χ1v) is 8.59. The highest BCUT2D eigenvalue weighted by Gasteiger charge is 2.19. The van der Waals surface area contributed by atoms with Crippen molar-refractivity contribution in [1.29, 1.82) is 0 Å². The van der Waals surface area contributed by atoms with E-state index in [9.17, 15) is 4.79 Å². The molecule has 0 atom stereocenters. The number of hydrogen-bond donors (Lipinski definition) is 1. The van der Waals surface area contributed by atoms with E-state index in [0.29, 0.717) is 22.3 Å². The van der Waals surface area contributed by atoms with Crippen molar-refractivity contribution < 1.29 is 9.21 Å². The van der Waals surface area contributed by atoms with Crippen LogP contribution in [-0.4, -0.2) is 15.3 Å². The Labute approximate surface area is 148 Å². The van der Waals surface area contributed by atoms with Crippen molar-refractivity contribution in [2.24, 2.45) is 0 Å². The van der Waals surface area contributed by atoms with E-state index in [4.69, 9.17) is 4.42 Å². The molecule has 4 aromatic rings. The van der Waals surface area contributed by atoms with Crippen LogP contribution in [0.3, 0.4) is 0 Å². The Kier molecular flexibility index (Phi) is 3.82. The van der Waals surface area contributed by atoms with Crippen LogP contribution in [0.5, 0.6) is 0 Å². The van der Waals surface area contributed by atoms with Crippen LogP contribution >= 0.6 is 11.5 Å². The number of aryl methyl sites for hydroxylation is 2. The smallest absolute Gasteiger partial charge is 0.293 e. The molecule has 4 rings (SSSR count). The molecule has 2 heterocycles. The molecule has 0 aliphatic carbocycles. The third kappa shape index (κ3) is 2.92. The predicted octanol–water partition coefficient (Wildman–Crippen LogP) is 4.82. The Morgan fingerprint density at radius 2 is 1.92 bits per heavy atom. The van der Waals surface area contributed by atoms with Gasteiger partial charge in [0.25, 0.3) is 5.91 Å². The third-order valence-corrected chi connectivity index (χ3v) is 4.61. The quantitative estimate of drug-likeness (QED) is 0.576. The number of furan rings is 1. The van der Waals surface area contributed by atoms with Crippen molar-refractivity contribution in [3.05, 3.63) is 65.4 Å². The van der Waals surface area contributed by atoms with Gasteiger partial charge in [0.2, 0.25) is 5.13 Å². The molecule has 0 saturated carbocycles. The second kappa shape index (κ2) is 6.14. The zero-order valence-corrected chi connectivity index (χ0v) is 14.6. The molecule has 0 aliphatic rings. The van der Waals surface area contributed by atoms with Gasteiger partial charge in [-0.2, -0.15) is 9.36 Å². The summed E-state index contributed by atoms with van der Waals surface area (Å²) in [7, 11) is 0. The first kappa shape index (κ1) is 15.5. The number of amides is 1. The first-order valence-electron chi connectivity index (χ1n) is 7.82. The molecule has 25 heavy (non-hydrogen) atoms. The summed E-state index contributed by atoms with van der Waals surface area (Å²) < 4.78 is 10.0. The minimum atomic E-state index is -0.317. The van der Waals surface area contributed by atoms with Gasteiger partial charge in [-0.15, -0.1) is 0 Å². The van der Waals surface area contributed by atoms with Gasteiger partial charge >= 0.3 is 0 Å². The maximum absolute atomic E-state index is 12.6. The van der Waals surface area contributed by atoms with E-state index in [-0.39, 0.29) is 5.91 Å². The summed E-state index contributed by atoms with van der Waals surface area (Å²) >= 11 is 1.15. The van der Waals surface area contributed by atoms with Crippen LogP contribution in [0.4, 0.5) is 5.13 Å². The van der Waals surface area contributed by atoms with Crippen molar-refractivity contribution in [2.75, 3.05) is 5.32 Å². The summed E-state index contributed by atoms with van der Waals surface area (Å²) in [5.74, 6) is 0.581. The molecular weight excluding hydrogens is 334 g/mol. The van der Waals surface area contributed by atoms with E-state index in [1.54, 1.807) is 0 Å². The van der Waals surface area contributed by atoms with Crippen LogP contribution in [0, 0.1) is 13.8 Å². The molecule has 0 saturated heterocycles. The molecule has 1 amide bonds. The largest absolute Gasteiger partial charge is 0.451 e. The first-order chi connectivity index (χ1) is 12.1. The van der Waals surface area contributed by atoms with Gasteiger partial charge in [0, 0.05) is 28.0 Å². The molecule has 5 nitrogen and oxygen atoms in total. The fraction of sp³-hybridized carbons (Fsp3) is 0.105. The lowest BCUT2D eigenvalue weighted by Gasteiger charge is -1.98. The van der Waals surface area contributed by atoms with Crippen molar-refractivity contribution in [3.8, 4) is 11.4 Å². The molecular formula is C19H15N3O2S. The zero-order chi connectivity index (χ0) is 17.4. The fourth-order valence-corrected chi connectivity index (χ4v) is 3.27. The van der Waals surface area contributed by atoms with Gasteiger partial charge < -0.3 is 4.42 Å². The van der Waals surface area contributed by atoms with Gasteiger partial charge in [0.1, 0.15) is 5.58 Å². The lowest BCUT2D eigenvalue weighted by atomic mass is 10.1. The number of carbonyl (C=O) groups excluding carboxylic acids is 1. The highest BCUT2D eigenvalue weighted by Crippen LogP contribution is 2.27. The van der Waals surface area contributed by atoms with Crippen molar-refractivity contribution in [2.45, 2.75) is 13.8 Å². The van der Waals surface area contributed by atoms with Gasteiger partial charge in [-0.3, -0.25) is 10.1 Å². The second-order valence-electron chi connectivity index (χ2n) is 5.80. The van der Waals surface area contributed by atoms with Crippen molar-refractivity contribution in [3.63, 3.8) is 0 Å². The van der Waals surface area contributed by atoms with Gasteiger partial charge in [-0.1, -0.05) is 42.5 Å². The normalized spacial score (nSPS) is 11.0. The highest BCUT2D eigenvalue weighted by molar-refractivity contribution is 7.10. The lowest BCUT2D eigenvalue weighted by molar-refractivity contribution is 0.0998. The molecule has 1 N–H and O–H groups in total. The summed E-state index contributed by atoms with van der Waals surface area (Å²) in [4.78, 5) is 16.9. The standard InChI is InChI=1S/C19H15N3O2S/c1-11-8-9-14-12(2)16(24-15(14)10-11)18(23)21-19-20-17(22-25-19)13-6-4-3-5-7-13/h3-10H,1-2H3,(H,20,21,22,23). The predicted molar refractivity (Wildman–Crippen MR) is 99.0 cm³/mol. The Morgan fingerprint density at radius 1 is 1.12 bits per heavy atom. The van der Waals surface area contributed by atoms with Crippen LogP contribution in [-0.2, 0) is 0 Å². The Hall–Kier alpha value is -2.99. The fourth-order valence-electron chi connectivity index (χ4n) is 2.68. The van der Waals surface area contributed by atoms with Gasteiger partial charge in [0.05, 0.1) is 0 Å². The Bertz CT molecular complexity index is 1070. The summed E-state index contributed by atoms with van der Waals surface area (Å²) in [6, 6.07) is 15.5. The molecule has 0 radical (unpaired) electrons. The average Bonchev–Trinajstić information content (AvgIpc) is 3.20. The molecule has 0 bridgehead atoms. The monoisotopic (exact) mass is 349 g/mol. The number of benzene rings is 2. The van der Waals surface area contributed by atoms with Crippen molar-refractivity contribution in [1.82, 2.24) is 9.36 Å². The van der Waals surface area contributed by atoms with E-state index in [0.717, 1.165) is 33.6 Å². The zero-order valence-electron chi connectivity index (χ0n) is 13.7. The third-order valence-electron chi connectivity index (χ3n) is 3.98. The van der Waals surface area contributed by atoms with E-state index in [1.165, 1.54) is 0 Å². The number of nitrogens with one attached hydrogen (secondary N) is 1. The molecule has 0 fully saturated rings. The number of anilines is 1. The number of hydrogen-bond acceptors (Lipinski definition) is 5. The van der Waals surface area contributed by atoms with E-state index < -0.39 is 0 Å². The van der Waals surface area contributed by atoms with Gasteiger partial charge in [-0.05, 0) is 25.5 Å². The Morgan fingerprint density at radius 3 is 2.72 bits per heavy atom. The van der Waals surface area contributed by atoms with Gasteiger partial charge in [-0.25, -0.2) is 0 Å². The summed E-state index contributed by atoms with van der Waals surface area (Å²) in [6.07, 6.45) is 0. The van der Waals surface area contributed by atoms with Crippen LogP contribution in [0.15, 0.2) is 52.9 Å². The molecule has 6 heteroatoms. The second-order valence-corrected chi connectivity index (χ2v) is 6.55. The van der Waals surface area contributed by atoms with E-state index in [2.05, 4.69) is 14.7 Å². The van der Waals surface area contributed by atoms with Crippen LogP contribution < -0.4 is 5.32 Å². The molecule has 2 aromatic heterocycles. The summed E-state index contributed by atoms with van der Waals surface area (Å²) in [5, 5.41) is 4.16. The molecule has 0 spiro atoms. The van der Waals surface area contributed by atoms with E-state index >= 15 is 0 Å². The molecule has 2 aromatic carbocycles. The topological polar surface area (TPSA) is 68.0 Å². The minimum absolute atomic E-state index is 0.303. The van der Waals surface area contributed by atoms with E-state index in [1.807, 2.05) is 62.4 Å². The molecule has 124 valence electrons. The number of aromatic nitrogens is 2. The highest BCUT2D eigenvalue weighted by atomic mass is 32.1. The SMILES string of the molecule is Cc1ccc2c(C)c(C(=O)Nc3nc(-c4ccccc4)ns3)oc2c1. The Balaban J connectivity index is 1.60. The number of nitrogens with zero attached hydrogens (tertiary/aromatic N) is 2. The number of fused-ring (bicyclic) bond motifs is 1. The lowest BCUT2D eigenvalue weighted by Crippen LogP contribution is -2.11. The summed E-state index contributed by atoms with van der Waals surface area (Å²) in [5.41, 5.74) is 3.53. The van der Waals surface area contributed by atoms with Gasteiger partial charge in [0.15, 0.2) is 11.6 Å². The van der Waals surface area contributed by atoms with Crippen LogP contribution in [0.2, 0.25) is 0 Å². The maximum Gasteiger partial charge on any atom is 0.293 e. The summed E-state index contributed by atoms with van der Waals surface area (Å²) in [6.45, 7) is 3.87. The van der Waals surface area contributed by atoms with Crippen LogP contribution in [0.1, 0.15) is 21.7 Å². The maximum atomic E-state index is 12.6. The molecule has 0 aliphatic heterocycles. The molecule has 0 unspecified atom stereocenters. The minimum Gasteiger partial charge on any atom is -0.451 e. The number of carbonyl (C=O) groups is 1. The van der Waals surface area contributed by atoms with Crippen molar-refractivity contribution >= 4 is 33.5 Å². The van der Waals surface area contributed by atoms with Crippen LogP contribution in [0.25, 0.3) is 22.4 Å².